The molecule has 1 saturated heterocycles. The first-order valence-electron chi connectivity index (χ1n) is 8.23. The first kappa shape index (κ1) is 18.0. The Bertz CT molecular complexity index is 810. The second-order valence-corrected chi connectivity index (χ2v) is 6.07. The maximum Gasteiger partial charge on any atom is 0.417 e. The van der Waals surface area contributed by atoms with Gasteiger partial charge in [0, 0.05) is 24.3 Å². The van der Waals surface area contributed by atoms with Crippen LogP contribution in [-0.4, -0.2) is 29.8 Å². The standard InChI is InChI=1S/C19H17F3N2O2/c20-19(21,22)16-6-2-1-5-15(16)17(25)23-14-9-7-13(8-10-14)18(26)24-11-3-4-12-24/h1-2,5-10H,3-4,11-12H2,(H,23,25). The van der Waals surface area contributed by atoms with E-state index in [9.17, 15) is 22.8 Å². The van der Waals surface area contributed by atoms with E-state index in [4.69, 9.17) is 0 Å². The van der Waals surface area contributed by atoms with Crippen LogP contribution in [0, 0.1) is 0 Å². The van der Waals surface area contributed by atoms with Gasteiger partial charge in [-0.1, -0.05) is 12.1 Å². The number of carbonyl (C=O) groups is 2. The smallest absolute Gasteiger partial charge is 0.339 e. The number of halogens is 3. The molecule has 26 heavy (non-hydrogen) atoms. The Hall–Kier alpha value is -2.83. The van der Waals surface area contributed by atoms with Crippen LogP contribution in [-0.2, 0) is 6.18 Å². The van der Waals surface area contributed by atoms with Crippen LogP contribution < -0.4 is 5.32 Å². The molecule has 0 saturated carbocycles. The summed E-state index contributed by atoms with van der Waals surface area (Å²) in [6.45, 7) is 1.46. The second-order valence-electron chi connectivity index (χ2n) is 6.07. The largest absolute Gasteiger partial charge is 0.417 e. The summed E-state index contributed by atoms with van der Waals surface area (Å²) in [7, 11) is 0. The van der Waals surface area contributed by atoms with Crippen LogP contribution in [0.3, 0.4) is 0 Å². The highest BCUT2D eigenvalue weighted by molar-refractivity contribution is 6.05. The summed E-state index contributed by atoms with van der Waals surface area (Å²) < 4.78 is 39.0. The Morgan fingerprint density at radius 2 is 1.54 bits per heavy atom. The van der Waals surface area contributed by atoms with E-state index < -0.39 is 23.2 Å². The third kappa shape index (κ3) is 3.87. The SMILES string of the molecule is O=C(Nc1ccc(C(=O)N2CCCC2)cc1)c1ccccc1C(F)(F)F. The fourth-order valence-corrected chi connectivity index (χ4v) is 2.93. The topological polar surface area (TPSA) is 49.4 Å². The number of likely N-dealkylation sites (tertiary alicyclic amines) is 1. The summed E-state index contributed by atoms with van der Waals surface area (Å²) in [5.74, 6) is -0.931. The van der Waals surface area contributed by atoms with Crippen LogP contribution in [0.2, 0.25) is 0 Å². The molecule has 1 aliphatic rings. The van der Waals surface area contributed by atoms with Gasteiger partial charge in [0.2, 0.25) is 0 Å². The molecule has 4 nitrogen and oxygen atoms in total. The molecule has 0 bridgehead atoms. The summed E-state index contributed by atoms with van der Waals surface area (Å²) in [6, 6.07) is 10.8. The number of carbonyl (C=O) groups excluding carboxylic acids is 2. The molecule has 2 aromatic carbocycles. The number of benzene rings is 2. The van der Waals surface area contributed by atoms with Gasteiger partial charge in [-0.25, -0.2) is 0 Å². The number of nitrogens with one attached hydrogen (secondary N) is 1. The van der Waals surface area contributed by atoms with Gasteiger partial charge in [-0.05, 0) is 49.2 Å². The average molecular weight is 362 g/mol. The van der Waals surface area contributed by atoms with Crippen LogP contribution in [0.1, 0.15) is 39.1 Å². The van der Waals surface area contributed by atoms with Crippen molar-refractivity contribution in [2.24, 2.45) is 0 Å². The van der Waals surface area contributed by atoms with Gasteiger partial charge in [0.1, 0.15) is 0 Å². The Morgan fingerprint density at radius 1 is 0.923 bits per heavy atom. The van der Waals surface area contributed by atoms with Gasteiger partial charge in [0.15, 0.2) is 0 Å². The molecule has 0 atom stereocenters. The maximum atomic E-state index is 13.0. The zero-order valence-electron chi connectivity index (χ0n) is 13.8. The van der Waals surface area contributed by atoms with E-state index in [2.05, 4.69) is 5.32 Å². The van der Waals surface area contributed by atoms with Crippen LogP contribution in [0.25, 0.3) is 0 Å². The third-order valence-corrected chi connectivity index (χ3v) is 4.26. The molecule has 1 N–H and O–H groups in total. The predicted molar refractivity (Wildman–Crippen MR) is 91.0 cm³/mol. The number of hydrogen-bond acceptors (Lipinski definition) is 2. The molecule has 2 aromatic rings. The molecule has 2 amide bonds. The highest BCUT2D eigenvalue weighted by Gasteiger charge is 2.34. The molecule has 1 aliphatic heterocycles. The monoisotopic (exact) mass is 362 g/mol. The lowest BCUT2D eigenvalue weighted by atomic mass is 10.1. The Labute approximate surface area is 148 Å². The van der Waals surface area contributed by atoms with Crippen LogP contribution in [0.4, 0.5) is 18.9 Å². The van der Waals surface area contributed by atoms with Crippen molar-refractivity contribution in [3.63, 3.8) is 0 Å². The van der Waals surface area contributed by atoms with Crippen LogP contribution >= 0.6 is 0 Å². The van der Waals surface area contributed by atoms with Gasteiger partial charge in [0.25, 0.3) is 11.8 Å². The number of alkyl halides is 3. The Kier molecular flexibility index (Phi) is 4.97. The summed E-state index contributed by atoms with van der Waals surface area (Å²) in [6.07, 6.45) is -2.64. The van der Waals surface area contributed by atoms with E-state index in [0.717, 1.165) is 38.1 Å². The van der Waals surface area contributed by atoms with Crippen LogP contribution in [0.5, 0.6) is 0 Å². The molecule has 136 valence electrons. The van der Waals surface area contributed by atoms with Crippen molar-refractivity contribution in [1.29, 1.82) is 0 Å². The van der Waals surface area contributed by atoms with E-state index in [1.807, 2.05) is 0 Å². The minimum Gasteiger partial charge on any atom is -0.339 e. The van der Waals surface area contributed by atoms with Crippen molar-refractivity contribution in [3.8, 4) is 0 Å². The molecule has 1 fully saturated rings. The first-order chi connectivity index (χ1) is 12.4. The molecular weight excluding hydrogens is 345 g/mol. The van der Waals surface area contributed by atoms with Crippen molar-refractivity contribution in [1.82, 2.24) is 4.90 Å². The lowest BCUT2D eigenvalue weighted by Gasteiger charge is -2.15. The van der Waals surface area contributed by atoms with E-state index in [1.165, 1.54) is 24.3 Å². The fraction of sp³-hybridized carbons (Fsp3) is 0.263. The summed E-state index contributed by atoms with van der Waals surface area (Å²) in [5.41, 5.74) is -0.624. The van der Waals surface area contributed by atoms with E-state index in [-0.39, 0.29) is 5.91 Å². The summed E-state index contributed by atoms with van der Waals surface area (Å²) in [5, 5.41) is 2.44. The van der Waals surface area contributed by atoms with Crippen molar-refractivity contribution < 1.29 is 22.8 Å². The van der Waals surface area contributed by atoms with Gasteiger partial charge in [-0.2, -0.15) is 13.2 Å². The van der Waals surface area contributed by atoms with E-state index in [0.29, 0.717) is 11.3 Å². The fourth-order valence-electron chi connectivity index (χ4n) is 2.93. The highest BCUT2D eigenvalue weighted by Crippen LogP contribution is 2.32. The average Bonchev–Trinajstić information content (AvgIpc) is 3.15. The van der Waals surface area contributed by atoms with Gasteiger partial charge in [0.05, 0.1) is 11.1 Å². The van der Waals surface area contributed by atoms with Gasteiger partial charge >= 0.3 is 6.18 Å². The number of rotatable bonds is 3. The molecule has 7 heteroatoms. The van der Waals surface area contributed by atoms with Gasteiger partial charge in [-0.3, -0.25) is 9.59 Å². The molecular formula is C19H17F3N2O2. The normalized spacial score (nSPS) is 14.3. The summed E-state index contributed by atoms with van der Waals surface area (Å²) in [4.78, 5) is 26.3. The molecule has 1 heterocycles. The predicted octanol–water partition coefficient (Wildman–Crippen LogP) is 4.19. The van der Waals surface area contributed by atoms with Crippen molar-refractivity contribution in [2.45, 2.75) is 19.0 Å². The zero-order valence-corrected chi connectivity index (χ0v) is 13.8. The molecule has 0 aromatic heterocycles. The van der Waals surface area contributed by atoms with Crippen molar-refractivity contribution in [3.05, 3.63) is 65.2 Å². The molecule has 0 aliphatic carbocycles. The molecule has 0 spiro atoms. The van der Waals surface area contributed by atoms with E-state index in [1.54, 1.807) is 17.0 Å². The Balaban J connectivity index is 1.74. The molecule has 3 rings (SSSR count). The lowest BCUT2D eigenvalue weighted by Crippen LogP contribution is -2.27. The second kappa shape index (κ2) is 7.19. The number of nitrogens with zero attached hydrogens (tertiary/aromatic N) is 1. The summed E-state index contributed by atoms with van der Waals surface area (Å²) >= 11 is 0. The van der Waals surface area contributed by atoms with Crippen molar-refractivity contribution in [2.75, 3.05) is 18.4 Å². The molecule has 0 unspecified atom stereocenters. The van der Waals surface area contributed by atoms with Gasteiger partial charge < -0.3 is 10.2 Å². The number of hydrogen-bond donors (Lipinski definition) is 1. The third-order valence-electron chi connectivity index (χ3n) is 4.26. The minimum atomic E-state index is -4.61. The first-order valence-corrected chi connectivity index (χ1v) is 8.23. The molecule has 0 radical (unpaired) electrons. The Morgan fingerprint density at radius 3 is 2.15 bits per heavy atom. The van der Waals surface area contributed by atoms with Crippen molar-refractivity contribution >= 4 is 17.5 Å². The highest BCUT2D eigenvalue weighted by atomic mass is 19.4. The maximum absolute atomic E-state index is 13.0. The van der Waals surface area contributed by atoms with E-state index >= 15 is 0 Å². The quantitative estimate of drug-likeness (QED) is 0.890. The zero-order chi connectivity index (χ0) is 18.7. The number of amides is 2. The van der Waals surface area contributed by atoms with Crippen LogP contribution in [0.15, 0.2) is 48.5 Å². The van der Waals surface area contributed by atoms with Gasteiger partial charge in [-0.15, -0.1) is 0 Å². The lowest BCUT2D eigenvalue weighted by molar-refractivity contribution is -0.137. The minimum absolute atomic E-state index is 0.0807. The number of anilines is 1.